The van der Waals surface area contributed by atoms with Gasteiger partial charge >= 0.3 is 5.97 Å². The molecule has 0 aliphatic carbocycles. The van der Waals surface area contributed by atoms with Crippen LogP contribution in [0.2, 0.25) is 0 Å². The summed E-state index contributed by atoms with van der Waals surface area (Å²) >= 11 is 0. The lowest BCUT2D eigenvalue weighted by atomic mass is 9.87. The Morgan fingerprint density at radius 1 is 1.13 bits per heavy atom. The number of hydrogen-bond donors (Lipinski definition) is 1. The highest BCUT2D eigenvalue weighted by molar-refractivity contribution is 6.80. The second-order valence-electron chi connectivity index (χ2n) is 8.95. The third-order valence-corrected chi connectivity index (χ3v) is 7.71. The number of carbonyl (C=O) groups is 1. The van der Waals surface area contributed by atoms with Crippen molar-refractivity contribution in [3.05, 3.63) is 60.2 Å². The topological polar surface area (TPSA) is 70.8 Å². The number of ether oxygens (including phenoxy) is 2. The lowest BCUT2D eigenvalue weighted by Gasteiger charge is -2.35. The average Bonchev–Trinajstić information content (AvgIpc) is 2.75. The minimum Gasteiger partial charge on any atom is -0.468 e. The fraction of sp³-hybridized carbons (Fsp3) is 0.458. The van der Waals surface area contributed by atoms with Crippen LogP contribution in [-0.4, -0.2) is 47.0 Å². The standard InChI is InChI=1S/C24H32NO4Si/c1-23(2,3)18-10-12-21(13-11-18)30(20-8-6-5-7-9-20)29-16-19-14-15-24(25,17-28-19)22(26)27-4/h5-13,19H,14-17,25H2,1-4H3. The fourth-order valence-electron chi connectivity index (χ4n) is 3.56. The van der Waals surface area contributed by atoms with Crippen LogP contribution in [0.15, 0.2) is 54.6 Å². The zero-order valence-electron chi connectivity index (χ0n) is 18.3. The van der Waals surface area contributed by atoms with Gasteiger partial charge < -0.3 is 19.6 Å². The van der Waals surface area contributed by atoms with Crippen molar-refractivity contribution in [3.63, 3.8) is 0 Å². The number of methoxy groups -OCH3 is 1. The van der Waals surface area contributed by atoms with Crippen molar-refractivity contribution >= 4 is 25.4 Å². The van der Waals surface area contributed by atoms with Gasteiger partial charge in [-0.25, -0.2) is 4.79 Å². The molecular formula is C24H32NO4Si. The number of nitrogens with two attached hydrogens (primary N) is 1. The Bertz CT molecular complexity index is 825. The predicted octanol–water partition coefficient (Wildman–Crippen LogP) is 2.16. The first-order valence-electron chi connectivity index (χ1n) is 10.4. The molecule has 2 unspecified atom stereocenters. The van der Waals surface area contributed by atoms with Crippen LogP contribution < -0.4 is 16.1 Å². The van der Waals surface area contributed by atoms with E-state index in [4.69, 9.17) is 19.6 Å². The molecule has 0 aromatic heterocycles. The predicted molar refractivity (Wildman–Crippen MR) is 120 cm³/mol. The van der Waals surface area contributed by atoms with Crippen LogP contribution in [0, 0.1) is 0 Å². The van der Waals surface area contributed by atoms with Gasteiger partial charge in [0.15, 0.2) is 0 Å². The molecule has 2 aromatic rings. The molecular weight excluding hydrogens is 394 g/mol. The minimum atomic E-state index is -1.41. The highest BCUT2D eigenvalue weighted by Crippen LogP contribution is 2.23. The molecule has 30 heavy (non-hydrogen) atoms. The maximum atomic E-state index is 11.9. The van der Waals surface area contributed by atoms with Crippen molar-refractivity contribution in [1.82, 2.24) is 0 Å². The number of esters is 1. The molecule has 161 valence electrons. The Kier molecular flexibility index (Phi) is 7.13. The summed E-state index contributed by atoms with van der Waals surface area (Å²) in [5, 5.41) is 2.40. The number of rotatable bonds is 6. The normalized spacial score (nSPS) is 22.1. The SMILES string of the molecule is COC(=O)C1(N)CCC(CO[Si](c2ccccc2)c2ccc(C(C)(C)C)cc2)OC1. The summed E-state index contributed by atoms with van der Waals surface area (Å²) in [6.07, 6.45) is 1.11. The summed E-state index contributed by atoms with van der Waals surface area (Å²) in [6.45, 7) is 7.28. The summed E-state index contributed by atoms with van der Waals surface area (Å²) in [5.74, 6) is -0.421. The second kappa shape index (κ2) is 9.43. The Morgan fingerprint density at radius 3 is 2.30 bits per heavy atom. The van der Waals surface area contributed by atoms with Crippen LogP contribution in [0.5, 0.6) is 0 Å². The van der Waals surface area contributed by atoms with Gasteiger partial charge in [0.05, 0.1) is 26.4 Å². The second-order valence-corrected chi connectivity index (χ2v) is 11.1. The highest BCUT2D eigenvalue weighted by Gasteiger charge is 2.40. The van der Waals surface area contributed by atoms with E-state index in [0.29, 0.717) is 19.4 Å². The number of hydrogen-bond acceptors (Lipinski definition) is 5. The van der Waals surface area contributed by atoms with Crippen LogP contribution in [0.3, 0.4) is 0 Å². The smallest absolute Gasteiger partial charge is 0.328 e. The molecule has 1 heterocycles. The first kappa shape index (κ1) is 22.7. The highest BCUT2D eigenvalue weighted by atomic mass is 28.3. The maximum Gasteiger partial charge on any atom is 0.328 e. The van der Waals surface area contributed by atoms with E-state index in [2.05, 4.69) is 57.2 Å². The Morgan fingerprint density at radius 2 is 1.77 bits per heavy atom. The van der Waals surface area contributed by atoms with Gasteiger partial charge in [0.2, 0.25) is 0 Å². The molecule has 1 fully saturated rings. The summed E-state index contributed by atoms with van der Waals surface area (Å²) in [7, 11) is -0.0592. The minimum absolute atomic E-state index is 0.0797. The van der Waals surface area contributed by atoms with Crippen LogP contribution in [-0.2, 0) is 24.1 Å². The molecule has 2 aromatic carbocycles. The maximum absolute atomic E-state index is 11.9. The molecule has 1 aliphatic heterocycles. The van der Waals surface area contributed by atoms with Crippen molar-refractivity contribution < 1.29 is 18.7 Å². The summed E-state index contributed by atoms with van der Waals surface area (Å²) in [5.41, 5.74) is 6.49. The first-order chi connectivity index (χ1) is 14.2. The van der Waals surface area contributed by atoms with Gasteiger partial charge in [0, 0.05) is 0 Å². The van der Waals surface area contributed by atoms with E-state index in [-0.39, 0.29) is 18.1 Å². The summed E-state index contributed by atoms with van der Waals surface area (Å²) < 4.78 is 17.1. The van der Waals surface area contributed by atoms with Crippen molar-refractivity contribution in [2.45, 2.75) is 50.7 Å². The van der Waals surface area contributed by atoms with Gasteiger partial charge in [-0.3, -0.25) is 0 Å². The lowest BCUT2D eigenvalue weighted by Crippen LogP contribution is -2.57. The van der Waals surface area contributed by atoms with Crippen molar-refractivity contribution in [3.8, 4) is 0 Å². The molecule has 2 atom stereocenters. The molecule has 0 bridgehead atoms. The number of carbonyl (C=O) groups excluding carboxylic acids is 1. The van der Waals surface area contributed by atoms with Crippen molar-refractivity contribution in [2.24, 2.45) is 5.73 Å². The van der Waals surface area contributed by atoms with Crippen LogP contribution >= 0.6 is 0 Å². The van der Waals surface area contributed by atoms with Crippen LogP contribution in [0.4, 0.5) is 0 Å². The van der Waals surface area contributed by atoms with Gasteiger partial charge in [-0.1, -0.05) is 75.4 Å². The van der Waals surface area contributed by atoms with Gasteiger partial charge in [-0.05, 0) is 34.2 Å². The third kappa shape index (κ3) is 5.37. The molecule has 0 amide bonds. The number of benzene rings is 2. The molecule has 1 aliphatic rings. The molecule has 2 N–H and O–H groups in total. The Labute approximate surface area is 181 Å². The average molecular weight is 427 g/mol. The van der Waals surface area contributed by atoms with E-state index < -0.39 is 20.5 Å². The monoisotopic (exact) mass is 426 g/mol. The zero-order valence-corrected chi connectivity index (χ0v) is 19.3. The summed E-state index contributed by atoms with van der Waals surface area (Å²) in [4.78, 5) is 11.9. The van der Waals surface area contributed by atoms with Gasteiger partial charge in [0.1, 0.15) is 5.54 Å². The summed E-state index contributed by atoms with van der Waals surface area (Å²) in [6, 6.07) is 19.1. The molecule has 1 saturated heterocycles. The van der Waals surface area contributed by atoms with Gasteiger partial charge in [-0.15, -0.1) is 0 Å². The van der Waals surface area contributed by atoms with E-state index in [1.54, 1.807) is 0 Å². The van der Waals surface area contributed by atoms with E-state index in [1.807, 2.05) is 18.2 Å². The molecule has 6 heteroatoms. The molecule has 3 rings (SSSR count). The fourth-order valence-corrected chi connectivity index (χ4v) is 5.54. The van der Waals surface area contributed by atoms with E-state index in [9.17, 15) is 4.79 Å². The van der Waals surface area contributed by atoms with Gasteiger partial charge in [0.25, 0.3) is 9.04 Å². The molecule has 0 spiro atoms. The van der Waals surface area contributed by atoms with Crippen LogP contribution in [0.25, 0.3) is 0 Å². The first-order valence-corrected chi connectivity index (χ1v) is 11.8. The van der Waals surface area contributed by atoms with Crippen LogP contribution in [0.1, 0.15) is 39.2 Å². The lowest BCUT2D eigenvalue weighted by molar-refractivity contribution is -0.155. The van der Waals surface area contributed by atoms with E-state index >= 15 is 0 Å². The Hall–Kier alpha value is -1.99. The molecule has 5 nitrogen and oxygen atoms in total. The zero-order chi connectivity index (χ0) is 21.8. The van der Waals surface area contributed by atoms with Gasteiger partial charge in [-0.2, -0.15) is 0 Å². The van der Waals surface area contributed by atoms with Crippen molar-refractivity contribution in [1.29, 1.82) is 0 Å². The molecule has 0 saturated carbocycles. The van der Waals surface area contributed by atoms with E-state index in [0.717, 1.165) is 0 Å². The molecule has 1 radical (unpaired) electrons. The van der Waals surface area contributed by atoms with Crippen molar-refractivity contribution in [2.75, 3.05) is 20.3 Å². The third-order valence-electron chi connectivity index (χ3n) is 5.54. The largest absolute Gasteiger partial charge is 0.468 e. The van der Waals surface area contributed by atoms with E-state index in [1.165, 1.54) is 23.0 Å². The Balaban J connectivity index is 1.70. The quantitative estimate of drug-likeness (QED) is 0.566.